The lowest BCUT2D eigenvalue weighted by molar-refractivity contribution is -0.384. The Balaban J connectivity index is 1.63. The van der Waals surface area contributed by atoms with Gasteiger partial charge in [-0.1, -0.05) is 88.3 Å². The maximum absolute atomic E-state index is 10.9. The van der Waals surface area contributed by atoms with Crippen molar-refractivity contribution in [1.29, 1.82) is 0 Å². The number of ether oxygens (including phenoxy) is 1. The molecule has 0 aliphatic carbocycles. The Morgan fingerprint density at radius 2 is 1.40 bits per heavy atom. The lowest BCUT2D eigenvalue weighted by Gasteiger charge is -2.11. The fraction of sp³-hybridized carbons (Fsp3) is 0.414. The lowest BCUT2D eigenvalue weighted by Crippen LogP contribution is -1.98. The number of carboxylic acid groups (broad SMARTS) is 1. The van der Waals surface area contributed by atoms with Crippen molar-refractivity contribution >= 4 is 23.5 Å². The van der Waals surface area contributed by atoms with E-state index < -0.39 is 10.9 Å². The van der Waals surface area contributed by atoms with Crippen LogP contribution in [-0.2, 0) is 9.53 Å². The Morgan fingerprint density at radius 3 is 1.94 bits per heavy atom. The van der Waals surface area contributed by atoms with Crippen LogP contribution in [0.1, 0.15) is 81.8 Å². The number of non-ortho nitro benzene ring substituents is 1. The molecule has 0 amide bonds. The molecule has 1 N–H and O–H groups in total. The first-order chi connectivity index (χ1) is 17.0. The highest BCUT2D eigenvalue weighted by Crippen LogP contribution is 2.22. The van der Waals surface area contributed by atoms with E-state index in [-0.39, 0.29) is 5.69 Å². The fourth-order valence-corrected chi connectivity index (χ4v) is 3.80. The zero-order valence-electron chi connectivity index (χ0n) is 20.5. The molecule has 0 radical (unpaired) electrons. The van der Waals surface area contributed by atoms with Gasteiger partial charge < -0.3 is 9.84 Å². The number of hydrogen-bond donors (Lipinski definition) is 1. The average Bonchev–Trinajstić information content (AvgIpc) is 2.86. The van der Waals surface area contributed by atoms with Crippen molar-refractivity contribution in [2.24, 2.45) is 0 Å². The summed E-state index contributed by atoms with van der Waals surface area (Å²) in [7, 11) is 0. The molecule has 0 heterocycles. The van der Waals surface area contributed by atoms with Crippen LogP contribution in [0.15, 0.2) is 66.7 Å². The Kier molecular flexibility index (Phi) is 12.9. The molecule has 0 aromatic heterocycles. The molecule has 2 aromatic rings. The first kappa shape index (κ1) is 27.8. The summed E-state index contributed by atoms with van der Waals surface area (Å²) in [6.45, 7) is 4.20. The number of nitrogens with zero attached hydrogens (tertiary/aromatic N) is 1. The SMILES string of the molecule is C=C(CCCCCCCCCCCCOC(=Cc1ccc([N+](=O)[O-])cc1)c1ccccc1)C(=O)O. The van der Waals surface area contributed by atoms with Gasteiger partial charge in [-0.3, -0.25) is 10.1 Å². The molecule has 2 aromatic carbocycles. The van der Waals surface area contributed by atoms with Crippen molar-refractivity contribution < 1.29 is 19.6 Å². The van der Waals surface area contributed by atoms with E-state index in [1.807, 2.05) is 36.4 Å². The minimum absolute atomic E-state index is 0.0753. The summed E-state index contributed by atoms with van der Waals surface area (Å²) in [5.41, 5.74) is 2.23. The standard InChI is InChI=1S/C29H37NO5/c1-24(29(31)32)15-11-8-6-4-2-3-5-7-9-14-22-35-28(26-16-12-10-13-17-26)23-25-18-20-27(21-19-25)30(33)34/h10,12-13,16-21,23H,1-9,11,14-15,22H2,(H,31,32). The molecule has 6 heteroatoms. The maximum Gasteiger partial charge on any atom is 0.330 e. The molecule has 35 heavy (non-hydrogen) atoms. The predicted molar refractivity (Wildman–Crippen MR) is 141 cm³/mol. The van der Waals surface area contributed by atoms with Crippen LogP contribution in [0, 0.1) is 10.1 Å². The van der Waals surface area contributed by atoms with E-state index >= 15 is 0 Å². The molecule has 6 nitrogen and oxygen atoms in total. The van der Waals surface area contributed by atoms with Gasteiger partial charge in [0, 0.05) is 23.3 Å². The third kappa shape index (κ3) is 11.5. The van der Waals surface area contributed by atoms with Gasteiger partial charge in [-0.25, -0.2) is 4.79 Å². The van der Waals surface area contributed by atoms with E-state index in [0.717, 1.165) is 49.0 Å². The van der Waals surface area contributed by atoms with E-state index in [0.29, 0.717) is 18.6 Å². The van der Waals surface area contributed by atoms with Crippen molar-refractivity contribution in [3.05, 3.63) is 88.0 Å². The van der Waals surface area contributed by atoms with E-state index in [2.05, 4.69) is 6.58 Å². The first-order valence-electron chi connectivity index (χ1n) is 12.5. The molecule has 0 unspecified atom stereocenters. The fourth-order valence-electron chi connectivity index (χ4n) is 3.80. The van der Waals surface area contributed by atoms with Gasteiger partial charge in [0.05, 0.1) is 11.5 Å². The van der Waals surface area contributed by atoms with E-state index in [1.165, 1.54) is 44.2 Å². The van der Waals surface area contributed by atoms with Crippen molar-refractivity contribution in [2.75, 3.05) is 6.61 Å². The number of carbonyl (C=O) groups is 1. The Hall–Kier alpha value is -3.41. The number of nitro groups is 1. The Labute approximate surface area is 208 Å². The minimum atomic E-state index is -0.882. The lowest BCUT2D eigenvalue weighted by atomic mass is 10.0. The van der Waals surface area contributed by atoms with Gasteiger partial charge >= 0.3 is 5.97 Å². The van der Waals surface area contributed by atoms with Gasteiger partial charge in [0.2, 0.25) is 0 Å². The summed E-state index contributed by atoms with van der Waals surface area (Å²) in [6, 6.07) is 16.4. The highest BCUT2D eigenvalue weighted by atomic mass is 16.6. The summed E-state index contributed by atoms with van der Waals surface area (Å²) in [5.74, 6) is -0.112. The summed E-state index contributed by atoms with van der Waals surface area (Å²) >= 11 is 0. The maximum atomic E-state index is 10.9. The number of benzene rings is 2. The van der Waals surface area contributed by atoms with Crippen LogP contribution in [0.2, 0.25) is 0 Å². The number of hydrogen-bond acceptors (Lipinski definition) is 4. The molecule has 0 fully saturated rings. The summed E-state index contributed by atoms with van der Waals surface area (Å²) in [6.07, 6.45) is 13.8. The molecule has 0 saturated heterocycles. The highest BCUT2D eigenvalue weighted by Gasteiger charge is 2.07. The molecule has 188 valence electrons. The van der Waals surface area contributed by atoms with Crippen LogP contribution in [0.4, 0.5) is 5.69 Å². The summed E-state index contributed by atoms with van der Waals surface area (Å²) in [4.78, 5) is 21.2. The van der Waals surface area contributed by atoms with Gasteiger partial charge in [-0.05, 0) is 43.0 Å². The van der Waals surface area contributed by atoms with E-state index in [9.17, 15) is 14.9 Å². The van der Waals surface area contributed by atoms with Crippen LogP contribution in [0.3, 0.4) is 0 Å². The van der Waals surface area contributed by atoms with Gasteiger partial charge in [0.15, 0.2) is 0 Å². The van der Waals surface area contributed by atoms with Gasteiger partial charge in [0.25, 0.3) is 5.69 Å². The Bertz CT molecular complexity index is 951. The molecule has 0 aliphatic heterocycles. The minimum Gasteiger partial charge on any atom is -0.493 e. The molecule has 0 saturated carbocycles. The Morgan fingerprint density at radius 1 is 0.857 bits per heavy atom. The average molecular weight is 480 g/mol. The van der Waals surface area contributed by atoms with Crippen LogP contribution in [0.5, 0.6) is 0 Å². The molecule has 0 aliphatic rings. The van der Waals surface area contributed by atoms with Crippen molar-refractivity contribution in [3.63, 3.8) is 0 Å². The largest absolute Gasteiger partial charge is 0.493 e. The second-order valence-electron chi connectivity index (χ2n) is 8.77. The molecular weight excluding hydrogens is 442 g/mol. The number of rotatable bonds is 18. The van der Waals surface area contributed by atoms with E-state index in [1.54, 1.807) is 12.1 Å². The molecule has 0 spiro atoms. The number of aliphatic carboxylic acids is 1. The van der Waals surface area contributed by atoms with Crippen molar-refractivity contribution in [1.82, 2.24) is 0 Å². The monoisotopic (exact) mass is 479 g/mol. The van der Waals surface area contributed by atoms with Crippen LogP contribution in [-0.4, -0.2) is 22.6 Å². The zero-order chi connectivity index (χ0) is 25.3. The number of carboxylic acids is 1. The second-order valence-corrected chi connectivity index (χ2v) is 8.77. The third-order valence-corrected chi connectivity index (χ3v) is 5.89. The molecular formula is C29H37NO5. The quantitative estimate of drug-likeness (QED) is 0.0583. The normalized spacial score (nSPS) is 11.3. The highest BCUT2D eigenvalue weighted by molar-refractivity contribution is 5.85. The van der Waals surface area contributed by atoms with Crippen LogP contribution < -0.4 is 0 Å². The molecule has 2 rings (SSSR count). The molecule has 0 atom stereocenters. The van der Waals surface area contributed by atoms with E-state index in [4.69, 9.17) is 9.84 Å². The topological polar surface area (TPSA) is 89.7 Å². The van der Waals surface area contributed by atoms with Crippen molar-refractivity contribution in [2.45, 2.75) is 70.6 Å². The van der Waals surface area contributed by atoms with Gasteiger partial charge in [-0.2, -0.15) is 0 Å². The molecule has 0 bridgehead atoms. The summed E-state index contributed by atoms with van der Waals surface area (Å²) < 4.78 is 6.11. The predicted octanol–water partition coefficient (Wildman–Crippen LogP) is 8.04. The third-order valence-electron chi connectivity index (χ3n) is 5.89. The number of unbranched alkanes of at least 4 members (excludes halogenated alkanes) is 9. The number of nitro benzene ring substituents is 1. The smallest absolute Gasteiger partial charge is 0.330 e. The van der Waals surface area contributed by atoms with Crippen molar-refractivity contribution in [3.8, 4) is 0 Å². The van der Waals surface area contributed by atoms with Gasteiger partial charge in [0.1, 0.15) is 5.76 Å². The van der Waals surface area contributed by atoms with Crippen LogP contribution in [0.25, 0.3) is 11.8 Å². The first-order valence-corrected chi connectivity index (χ1v) is 12.5. The van der Waals surface area contributed by atoms with Crippen LogP contribution >= 0.6 is 0 Å². The van der Waals surface area contributed by atoms with Gasteiger partial charge in [-0.15, -0.1) is 0 Å². The zero-order valence-corrected chi connectivity index (χ0v) is 20.5. The second kappa shape index (κ2) is 16.3. The summed E-state index contributed by atoms with van der Waals surface area (Å²) in [5, 5.41) is 19.7.